The molecule has 0 bridgehead atoms. The molecule has 4 heteroatoms. The Labute approximate surface area is 181 Å². The third-order valence-corrected chi connectivity index (χ3v) is 6.31. The highest BCUT2D eigenvalue weighted by Gasteiger charge is 2.17. The Bertz CT molecular complexity index is 1050. The Morgan fingerprint density at radius 3 is 2.37 bits per heavy atom. The van der Waals surface area contributed by atoms with Gasteiger partial charge in [-0.15, -0.1) is 0 Å². The van der Waals surface area contributed by atoms with Crippen molar-refractivity contribution in [3.8, 4) is 11.1 Å². The first-order valence-corrected chi connectivity index (χ1v) is 11.1. The minimum Gasteiger partial charge on any atom is -0.335 e. The van der Waals surface area contributed by atoms with Gasteiger partial charge in [0.2, 0.25) is 0 Å². The molecule has 30 heavy (non-hydrogen) atoms. The van der Waals surface area contributed by atoms with Gasteiger partial charge in [-0.1, -0.05) is 79.4 Å². The van der Waals surface area contributed by atoms with Crippen LogP contribution in [0.25, 0.3) is 17.2 Å². The number of hydrogen-bond donors (Lipinski definition) is 1. The molecule has 0 radical (unpaired) electrons. The summed E-state index contributed by atoms with van der Waals surface area (Å²) in [7, 11) is 0. The molecule has 1 N–H and O–H groups in total. The Kier molecular flexibility index (Phi) is 6.45. The van der Waals surface area contributed by atoms with Gasteiger partial charge in [-0.25, -0.2) is 0 Å². The lowest BCUT2D eigenvalue weighted by molar-refractivity contribution is 0.104. The first-order chi connectivity index (χ1) is 14.7. The van der Waals surface area contributed by atoms with E-state index in [-0.39, 0.29) is 5.78 Å². The summed E-state index contributed by atoms with van der Waals surface area (Å²) in [6.45, 7) is 3.05. The van der Waals surface area contributed by atoms with Crippen molar-refractivity contribution in [2.24, 2.45) is 4.99 Å². The first-order valence-electron chi connectivity index (χ1n) is 10.2. The average Bonchev–Trinajstić information content (AvgIpc) is 3.26. The first kappa shape index (κ1) is 20.2. The molecule has 3 aromatic carbocycles. The molecule has 1 atom stereocenters. The van der Waals surface area contributed by atoms with Crippen LogP contribution in [0.15, 0.2) is 89.9 Å². The molecule has 0 saturated heterocycles. The molecule has 0 saturated carbocycles. The highest BCUT2D eigenvalue weighted by atomic mass is 32.2. The molecule has 3 nitrogen and oxygen atoms in total. The number of ketones is 1. The van der Waals surface area contributed by atoms with E-state index in [1.54, 1.807) is 17.8 Å². The largest absolute Gasteiger partial charge is 0.335 e. The second-order valence-corrected chi connectivity index (χ2v) is 8.47. The molecule has 4 rings (SSSR count). The predicted octanol–water partition coefficient (Wildman–Crippen LogP) is 6.54. The number of rotatable bonds is 6. The molecular weight excluding hydrogens is 388 g/mol. The molecule has 0 aromatic heterocycles. The summed E-state index contributed by atoms with van der Waals surface area (Å²) in [5, 5.41) is 4.86. The van der Waals surface area contributed by atoms with Crippen LogP contribution in [0, 0.1) is 0 Å². The van der Waals surface area contributed by atoms with Crippen molar-refractivity contribution in [2.45, 2.75) is 18.6 Å². The number of carbonyl (C=O) groups is 1. The van der Waals surface area contributed by atoms with Crippen molar-refractivity contribution in [1.82, 2.24) is 0 Å². The number of carbonyl (C=O) groups excluding carboxylic acids is 1. The molecule has 1 aliphatic rings. The molecule has 3 aromatic rings. The van der Waals surface area contributed by atoms with E-state index in [9.17, 15) is 4.79 Å². The third-order valence-electron chi connectivity index (χ3n) is 5.04. The molecule has 1 heterocycles. The van der Waals surface area contributed by atoms with Gasteiger partial charge in [0.25, 0.3) is 0 Å². The molecule has 0 spiro atoms. The van der Waals surface area contributed by atoms with Crippen LogP contribution >= 0.6 is 11.8 Å². The van der Waals surface area contributed by atoms with Crippen LogP contribution in [-0.4, -0.2) is 22.7 Å². The maximum Gasteiger partial charge on any atom is 0.185 e. The molecule has 0 unspecified atom stereocenters. The smallest absolute Gasteiger partial charge is 0.185 e. The van der Waals surface area contributed by atoms with Crippen LogP contribution in [0.3, 0.4) is 0 Å². The minimum atomic E-state index is -0.00712. The maximum atomic E-state index is 12.5. The topological polar surface area (TPSA) is 41.5 Å². The van der Waals surface area contributed by atoms with E-state index in [4.69, 9.17) is 0 Å². The van der Waals surface area contributed by atoms with Crippen molar-refractivity contribution < 1.29 is 4.79 Å². The zero-order valence-corrected chi connectivity index (χ0v) is 17.7. The van der Waals surface area contributed by atoms with Crippen LogP contribution < -0.4 is 5.32 Å². The van der Waals surface area contributed by atoms with Gasteiger partial charge < -0.3 is 5.32 Å². The van der Waals surface area contributed by atoms with Crippen molar-refractivity contribution >= 4 is 34.5 Å². The van der Waals surface area contributed by atoms with E-state index < -0.39 is 0 Å². The number of amidine groups is 1. The second kappa shape index (κ2) is 9.59. The maximum absolute atomic E-state index is 12.5. The van der Waals surface area contributed by atoms with Crippen LogP contribution in [0.2, 0.25) is 0 Å². The quantitative estimate of drug-likeness (QED) is 0.369. The SMILES string of the molecule is CC[C@H]1CN=C(Nc2ccc(C(=O)/C=C/c3ccc(-c4ccccc4)cc3)cc2)S1. The Hall–Kier alpha value is -3.11. The van der Waals surface area contributed by atoms with Gasteiger partial charge in [0, 0.05) is 16.5 Å². The predicted molar refractivity (Wildman–Crippen MR) is 129 cm³/mol. The number of hydrogen-bond acceptors (Lipinski definition) is 4. The lowest BCUT2D eigenvalue weighted by atomic mass is 10.0. The van der Waals surface area contributed by atoms with E-state index in [1.165, 1.54) is 5.56 Å². The van der Waals surface area contributed by atoms with Crippen molar-refractivity contribution in [2.75, 3.05) is 11.9 Å². The lowest BCUT2D eigenvalue weighted by Crippen LogP contribution is -2.07. The van der Waals surface area contributed by atoms with Gasteiger partial charge in [-0.2, -0.15) is 0 Å². The summed E-state index contributed by atoms with van der Waals surface area (Å²) in [5.41, 5.74) is 4.98. The van der Waals surface area contributed by atoms with Crippen LogP contribution in [0.1, 0.15) is 29.3 Å². The van der Waals surface area contributed by atoms with Crippen LogP contribution in [0.5, 0.6) is 0 Å². The van der Waals surface area contributed by atoms with Crippen molar-refractivity contribution in [1.29, 1.82) is 0 Å². The number of thioether (sulfide) groups is 1. The summed E-state index contributed by atoms with van der Waals surface area (Å²) < 4.78 is 0. The third kappa shape index (κ3) is 5.08. The molecule has 0 fully saturated rings. The second-order valence-electron chi connectivity index (χ2n) is 7.18. The van der Waals surface area contributed by atoms with Gasteiger partial charge >= 0.3 is 0 Å². The highest BCUT2D eigenvalue weighted by Crippen LogP contribution is 2.25. The number of allylic oxidation sites excluding steroid dienone is 1. The number of nitrogens with zero attached hydrogens (tertiary/aromatic N) is 1. The summed E-state index contributed by atoms with van der Waals surface area (Å²) >= 11 is 1.78. The normalized spacial score (nSPS) is 15.9. The van der Waals surface area contributed by atoms with Gasteiger partial charge in [0.1, 0.15) is 0 Å². The fourth-order valence-electron chi connectivity index (χ4n) is 3.23. The highest BCUT2D eigenvalue weighted by molar-refractivity contribution is 8.15. The fraction of sp³-hybridized carbons (Fsp3) is 0.154. The fourth-order valence-corrected chi connectivity index (χ4v) is 4.18. The van der Waals surface area contributed by atoms with Gasteiger partial charge in [0.15, 0.2) is 11.0 Å². The van der Waals surface area contributed by atoms with E-state index >= 15 is 0 Å². The van der Waals surface area contributed by atoms with Gasteiger partial charge in [-0.3, -0.25) is 9.79 Å². The lowest BCUT2D eigenvalue weighted by Gasteiger charge is -2.07. The number of aliphatic imine (C=N–C) groups is 1. The van der Waals surface area contributed by atoms with Crippen molar-refractivity contribution in [3.63, 3.8) is 0 Å². The number of benzene rings is 3. The van der Waals surface area contributed by atoms with Crippen molar-refractivity contribution in [3.05, 3.63) is 96.1 Å². The Balaban J connectivity index is 1.36. The van der Waals surface area contributed by atoms with E-state index in [1.807, 2.05) is 60.7 Å². The monoisotopic (exact) mass is 412 g/mol. The minimum absolute atomic E-state index is 0.00712. The molecule has 150 valence electrons. The van der Waals surface area contributed by atoms with Crippen LogP contribution in [-0.2, 0) is 0 Å². The van der Waals surface area contributed by atoms with E-state index in [2.05, 4.69) is 41.5 Å². The summed E-state index contributed by atoms with van der Waals surface area (Å²) in [5.74, 6) is -0.00712. The molecule has 0 amide bonds. The summed E-state index contributed by atoms with van der Waals surface area (Å²) in [6, 6.07) is 26.0. The van der Waals surface area contributed by atoms with Gasteiger partial charge in [0.05, 0.1) is 6.54 Å². The summed E-state index contributed by atoms with van der Waals surface area (Å²) in [6.07, 6.45) is 4.61. The number of nitrogens with one attached hydrogen (secondary N) is 1. The molecule has 1 aliphatic heterocycles. The Morgan fingerprint density at radius 1 is 1.00 bits per heavy atom. The number of anilines is 1. The standard InChI is InChI=1S/C26H24N2OS/c1-2-24-18-27-26(30-24)28-23-15-13-22(14-16-23)25(29)17-10-19-8-11-21(12-9-19)20-6-4-3-5-7-20/h3-17,24H,2,18H2,1H3,(H,27,28)/b17-10+/t24-/m0/s1. The molecule has 0 aliphatic carbocycles. The zero-order valence-electron chi connectivity index (χ0n) is 16.9. The zero-order chi connectivity index (χ0) is 20.8. The van der Waals surface area contributed by atoms with Crippen LogP contribution in [0.4, 0.5) is 5.69 Å². The molecular formula is C26H24N2OS. The summed E-state index contributed by atoms with van der Waals surface area (Å²) in [4.78, 5) is 17.0. The van der Waals surface area contributed by atoms with Gasteiger partial charge in [-0.05, 0) is 53.5 Å². The average molecular weight is 413 g/mol. The Morgan fingerprint density at radius 2 is 1.70 bits per heavy atom. The van der Waals surface area contributed by atoms with E-state index in [0.717, 1.165) is 34.9 Å². The van der Waals surface area contributed by atoms with E-state index in [0.29, 0.717) is 10.8 Å².